The van der Waals surface area contributed by atoms with E-state index in [0.717, 1.165) is 23.0 Å². The first-order chi connectivity index (χ1) is 20.4. The molecule has 0 aromatic heterocycles. The van der Waals surface area contributed by atoms with Crippen LogP contribution in [0.1, 0.15) is 105 Å². The molecule has 0 aliphatic carbocycles. The number of hydrogen-bond acceptors (Lipinski definition) is 3. The number of anilines is 3. The minimum absolute atomic E-state index is 0.0304. The fraction of sp³-hybridized carbons (Fsp3) is 0.400. The van der Waals surface area contributed by atoms with E-state index in [1.807, 2.05) is 0 Å². The second-order valence-corrected chi connectivity index (χ2v) is 22.6. The van der Waals surface area contributed by atoms with Crippen LogP contribution in [0.4, 0.5) is 17.1 Å². The average molecular weight is 695 g/mol. The summed E-state index contributed by atoms with van der Waals surface area (Å²) in [5.74, 6) is 4.18. The summed E-state index contributed by atoms with van der Waals surface area (Å²) in [6, 6.07) is 23.2. The Balaban J connectivity index is 1.59. The molecule has 0 saturated carbocycles. The van der Waals surface area contributed by atoms with Crippen LogP contribution in [0.15, 0.2) is 60.7 Å². The van der Waals surface area contributed by atoms with Gasteiger partial charge >= 0.3 is 273 Å². The van der Waals surface area contributed by atoms with Crippen LogP contribution in [-0.2, 0) is 21.7 Å². The van der Waals surface area contributed by atoms with E-state index in [2.05, 4.69) is 149 Å². The molecule has 0 amide bonds. The van der Waals surface area contributed by atoms with Gasteiger partial charge in [0.1, 0.15) is 0 Å². The van der Waals surface area contributed by atoms with Crippen LogP contribution in [-0.4, -0.2) is 20.2 Å². The molecule has 0 bridgehead atoms. The van der Waals surface area contributed by atoms with Gasteiger partial charge in [-0.05, 0) is 0 Å². The van der Waals surface area contributed by atoms with Gasteiger partial charge in [-0.2, -0.15) is 0 Å². The van der Waals surface area contributed by atoms with Crippen molar-refractivity contribution in [2.45, 2.75) is 105 Å². The quantitative estimate of drug-likeness (QED) is 0.160. The third kappa shape index (κ3) is 4.44. The van der Waals surface area contributed by atoms with Crippen molar-refractivity contribution in [2.24, 2.45) is 0 Å². The first-order valence-corrected chi connectivity index (χ1v) is 19.8. The number of rotatable bonds is 1. The molecule has 0 N–H and O–H groups in total. The topological polar surface area (TPSA) is 21.7 Å². The molecule has 44 heavy (non-hydrogen) atoms. The SMILES string of the molecule is CC(C)(C)c1ccc(N2c3ccc(C(C)(C)C)c4[c]3[Sb]3[c]5c(cc(C(C)(C)C)cc5Oc5c(C(C)(C)C)ccc2[c]53)O4)cc1. The molecule has 4 aromatic rings. The number of hydrogen-bond donors (Lipinski definition) is 0. The molecule has 0 radical (unpaired) electrons. The molecule has 0 atom stereocenters. The number of nitrogens with zero attached hydrogens (tertiary/aromatic N) is 1. The third-order valence-corrected chi connectivity index (χ3v) is 16.9. The van der Waals surface area contributed by atoms with Gasteiger partial charge < -0.3 is 0 Å². The first kappa shape index (κ1) is 29.8. The fourth-order valence-corrected chi connectivity index (χ4v) is 15.0. The summed E-state index contributed by atoms with van der Waals surface area (Å²) in [5.41, 5.74) is 8.78. The van der Waals surface area contributed by atoms with Gasteiger partial charge in [0, 0.05) is 0 Å². The Hall–Kier alpha value is -2.90. The molecule has 3 nitrogen and oxygen atoms in total. The minimum atomic E-state index is -2.63. The Bertz CT molecular complexity index is 1740. The molecule has 0 unspecified atom stereocenters. The molecular weight excluding hydrogens is 648 g/mol. The molecule has 4 aromatic carbocycles. The molecule has 0 fully saturated rings. The Morgan fingerprint density at radius 2 is 0.909 bits per heavy atom. The van der Waals surface area contributed by atoms with Crippen LogP contribution < -0.4 is 24.9 Å². The fourth-order valence-electron chi connectivity index (χ4n) is 6.77. The van der Waals surface area contributed by atoms with Crippen LogP contribution in [0.3, 0.4) is 0 Å². The zero-order valence-electron chi connectivity index (χ0n) is 28.5. The van der Waals surface area contributed by atoms with Crippen LogP contribution >= 0.6 is 0 Å². The average Bonchev–Trinajstić information content (AvgIpc) is 2.90. The molecule has 3 aliphatic heterocycles. The van der Waals surface area contributed by atoms with Gasteiger partial charge in [0.25, 0.3) is 0 Å². The van der Waals surface area contributed by atoms with Gasteiger partial charge in [-0.15, -0.1) is 0 Å². The predicted molar refractivity (Wildman–Crippen MR) is 187 cm³/mol. The Labute approximate surface area is 271 Å². The monoisotopic (exact) mass is 693 g/mol. The maximum absolute atomic E-state index is 7.13. The molecule has 3 aliphatic rings. The normalized spacial score (nSPS) is 15.5. The van der Waals surface area contributed by atoms with Gasteiger partial charge in [0.05, 0.1) is 0 Å². The third-order valence-electron chi connectivity index (χ3n) is 9.31. The van der Waals surface area contributed by atoms with E-state index in [1.165, 1.54) is 49.8 Å². The van der Waals surface area contributed by atoms with Crippen molar-refractivity contribution in [3.05, 3.63) is 82.9 Å². The van der Waals surface area contributed by atoms with Crippen molar-refractivity contribution in [3.8, 4) is 23.0 Å². The van der Waals surface area contributed by atoms with Crippen molar-refractivity contribution < 1.29 is 9.47 Å². The molecular formula is C40H46NO2Sb. The Morgan fingerprint density at radius 1 is 0.477 bits per heavy atom. The van der Waals surface area contributed by atoms with E-state index in [0.29, 0.717) is 0 Å². The zero-order valence-corrected chi connectivity index (χ0v) is 31.0. The summed E-state index contributed by atoms with van der Waals surface area (Å²) < 4.78 is 18.5. The summed E-state index contributed by atoms with van der Waals surface area (Å²) in [6.07, 6.45) is 0. The Kier molecular flexibility index (Phi) is 6.31. The molecule has 228 valence electrons. The predicted octanol–water partition coefficient (Wildman–Crippen LogP) is 9.39. The van der Waals surface area contributed by atoms with Crippen molar-refractivity contribution in [1.29, 1.82) is 0 Å². The van der Waals surface area contributed by atoms with Gasteiger partial charge in [-0.25, -0.2) is 0 Å². The summed E-state index contributed by atoms with van der Waals surface area (Å²) in [4.78, 5) is 2.48. The zero-order chi connectivity index (χ0) is 31.7. The van der Waals surface area contributed by atoms with E-state index in [-0.39, 0.29) is 21.7 Å². The van der Waals surface area contributed by atoms with Gasteiger partial charge in [0.15, 0.2) is 0 Å². The summed E-state index contributed by atoms with van der Waals surface area (Å²) >= 11 is -2.63. The molecule has 7 rings (SSSR count). The second-order valence-electron chi connectivity index (χ2n) is 16.9. The Morgan fingerprint density at radius 3 is 1.30 bits per heavy atom. The maximum atomic E-state index is 7.13. The molecule has 0 spiro atoms. The van der Waals surface area contributed by atoms with Crippen molar-refractivity contribution in [1.82, 2.24) is 0 Å². The van der Waals surface area contributed by atoms with Gasteiger partial charge in [0.2, 0.25) is 0 Å². The van der Waals surface area contributed by atoms with E-state index in [1.54, 1.807) is 0 Å². The first-order valence-electron chi connectivity index (χ1n) is 16.0. The summed E-state index contributed by atoms with van der Waals surface area (Å²) in [7, 11) is 0. The van der Waals surface area contributed by atoms with Crippen LogP contribution in [0.2, 0.25) is 0 Å². The molecule has 0 saturated heterocycles. The van der Waals surface area contributed by atoms with Crippen LogP contribution in [0.5, 0.6) is 23.0 Å². The summed E-state index contributed by atoms with van der Waals surface area (Å²) in [6.45, 7) is 27.5. The van der Waals surface area contributed by atoms with Gasteiger partial charge in [-0.3, -0.25) is 0 Å². The van der Waals surface area contributed by atoms with Crippen LogP contribution in [0.25, 0.3) is 0 Å². The molecule has 3 heterocycles. The van der Waals surface area contributed by atoms with Crippen LogP contribution in [0, 0.1) is 0 Å². The van der Waals surface area contributed by atoms with E-state index in [4.69, 9.17) is 9.47 Å². The van der Waals surface area contributed by atoms with E-state index in [9.17, 15) is 0 Å². The molecule has 4 heteroatoms. The number of benzene rings is 4. The second kappa shape index (κ2) is 9.32. The van der Waals surface area contributed by atoms with Crippen molar-refractivity contribution in [3.63, 3.8) is 0 Å². The standard InChI is InChI=1S/C40H46NO2.Sb/c1-37(2,3)26-13-15-28(16-14-26)41-29-17-19-33(39(7,8)9)35(23-29)42-31-21-27(38(4,5)6)22-32(25-31)43-36-24-30(41)18-20-34(36)40(10,11)12;/h13-22H,1-12H3;. The van der Waals surface area contributed by atoms with Crippen molar-refractivity contribution >= 4 is 47.8 Å². The van der Waals surface area contributed by atoms with Gasteiger partial charge in [-0.1, -0.05) is 0 Å². The van der Waals surface area contributed by atoms with E-state index >= 15 is 0 Å². The number of ether oxygens (including phenoxy) is 2. The summed E-state index contributed by atoms with van der Waals surface area (Å²) in [5, 5.41) is 0. The van der Waals surface area contributed by atoms with E-state index < -0.39 is 20.2 Å². The van der Waals surface area contributed by atoms with Crippen molar-refractivity contribution in [2.75, 3.05) is 4.90 Å².